The van der Waals surface area contributed by atoms with E-state index in [4.69, 9.17) is 0 Å². The van der Waals surface area contributed by atoms with E-state index in [2.05, 4.69) is 5.32 Å². The van der Waals surface area contributed by atoms with E-state index >= 15 is 0 Å². The van der Waals surface area contributed by atoms with Crippen LogP contribution in [0.2, 0.25) is 0 Å². The van der Waals surface area contributed by atoms with Crippen LogP contribution in [0.4, 0.5) is 23.2 Å². The molecule has 1 atom stereocenters. The van der Waals surface area contributed by atoms with Crippen LogP contribution in [0.5, 0.6) is 0 Å². The number of halogens is 4. The minimum atomic E-state index is -2.68. The highest BCUT2D eigenvalue weighted by atomic mass is 19.3. The second-order valence-electron chi connectivity index (χ2n) is 5.49. The first-order valence-corrected chi connectivity index (χ1v) is 6.56. The van der Waals surface area contributed by atoms with Crippen LogP contribution in [0, 0.1) is 17.6 Å². The molecule has 2 aliphatic rings. The maximum Gasteiger partial charge on any atom is 0.248 e. The first kappa shape index (κ1) is 13.4. The van der Waals surface area contributed by atoms with E-state index in [1.165, 1.54) is 6.07 Å². The van der Waals surface area contributed by atoms with Crippen molar-refractivity contribution in [3.8, 4) is 0 Å². The lowest BCUT2D eigenvalue weighted by atomic mass is 9.76. The summed E-state index contributed by atoms with van der Waals surface area (Å²) in [7, 11) is 0. The summed E-state index contributed by atoms with van der Waals surface area (Å²) in [6, 6.07) is 2.34. The van der Waals surface area contributed by atoms with Gasteiger partial charge in [0.15, 0.2) is 11.6 Å². The van der Waals surface area contributed by atoms with Gasteiger partial charge in [-0.3, -0.25) is 4.79 Å². The zero-order valence-electron chi connectivity index (χ0n) is 10.6. The normalized spacial score (nSPS) is 25.4. The van der Waals surface area contributed by atoms with Gasteiger partial charge in [0.2, 0.25) is 11.8 Å². The SMILES string of the molecule is O=C1Nc2c(ccc(F)c2F)C1C1CCC(F)(F)CC1. The molecule has 1 N–H and O–H groups in total. The maximum absolute atomic E-state index is 13.6. The molecule has 1 aliphatic carbocycles. The fraction of sp³-hybridized carbons (Fsp3) is 0.500. The fourth-order valence-corrected chi connectivity index (χ4v) is 3.16. The molecule has 6 heteroatoms. The van der Waals surface area contributed by atoms with Gasteiger partial charge in [-0.05, 0) is 30.4 Å². The predicted octanol–water partition coefficient (Wildman–Crippen LogP) is 3.83. The maximum atomic E-state index is 13.6. The van der Waals surface area contributed by atoms with Gasteiger partial charge < -0.3 is 5.32 Å². The summed E-state index contributed by atoms with van der Waals surface area (Å²) in [4.78, 5) is 12.0. The van der Waals surface area contributed by atoms with Gasteiger partial charge in [-0.15, -0.1) is 0 Å². The van der Waals surface area contributed by atoms with Crippen LogP contribution in [0.1, 0.15) is 37.2 Å². The smallest absolute Gasteiger partial charge is 0.248 e. The van der Waals surface area contributed by atoms with Crippen molar-refractivity contribution in [3.05, 3.63) is 29.3 Å². The van der Waals surface area contributed by atoms with Crippen molar-refractivity contribution in [1.82, 2.24) is 0 Å². The summed E-state index contributed by atoms with van der Waals surface area (Å²) in [6.07, 6.45) is -0.103. The number of fused-ring (bicyclic) bond motifs is 1. The number of benzene rings is 1. The number of rotatable bonds is 1. The number of alkyl halides is 2. The van der Waals surface area contributed by atoms with Crippen LogP contribution in [0.25, 0.3) is 0 Å². The molecule has 20 heavy (non-hydrogen) atoms. The zero-order valence-corrected chi connectivity index (χ0v) is 10.6. The van der Waals surface area contributed by atoms with E-state index in [1.54, 1.807) is 0 Å². The minimum absolute atomic E-state index is 0.141. The summed E-state index contributed by atoms with van der Waals surface area (Å²) in [5.74, 6) is -6.13. The van der Waals surface area contributed by atoms with E-state index in [0.717, 1.165) is 6.07 Å². The monoisotopic (exact) mass is 287 g/mol. The van der Waals surface area contributed by atoms with E-state index in [9.17, 15) is 22.4 Å². The average molecular weight is 287 g/mol. The Labute approximate surface area is 113 Å². The summed E-state index contributed by atoms with van der Waals surface area (Å²) in [5.41, 5.74) is 0.237. The van der Waals surface area contributed by atoms with Crippen molar-refractivity contribution in [2.45, 2.75) is 37.5 Å². The van der Waals surface area contributed by atoms with Gasteiger partial charge in [0.25, 0.3) is 0 Å². The standard InChI is InChI=1S/C14H13F4NO/c15-9-2-1-8-10(13(20)19-12(8)11(9)16)7-3-5-14(17,18)6-4-7/h1-2,7,10H,3-6H2,(H,19,20). The molecule has 1 unspecified atom stereocenters. The molecular formula is C14H13F4NO. The molecule has 1 aromatic rings. The molecule has 0 aromatic heterocycles. The van der Waals surface area contributed by atoms with E-state index < -0.39 is 29.4 Å². The highest BCUT2D eigenvalue weighted by molar-refractivity contribution is 6.03. The second-order valence-corrected chi connectivity index (χ2v) is 5.49. The molecule has 108 valence electrons. The van der Waals surface area contributed by atoms with Crippen molar-refractivity contribution < 1.29 is 22.4 Å². The molecule has 0 radical (unpaired) electrons. The van der Waals surface area contributed by atoms with Crippen LogP contribution in [-0.4, -0.2) is 11.8 Å². The fourth-order valence-electron chi connectivity index (χ4n) is 3.16. The van der Waals surface area contributed by atoms with Gasteiger partial charge in [0, 0.05) is 12.8 Å². The Morgan fingerprint density at radius 2 is 1.80 bits per heavy atom. The van der Waals surface area contributed by atoms with E-state index in [-0.39, 0.29) is 37.3 Å². The lowest BCUT2D eigenvalue weighted by Crippen LogP contribution is -2.30. The molecule has 0 saturated heterocycles. The van der Waals surface area contributed by atoms with Crippen molar-refractivity contribution in [2.24, 2.45) is 5.92 Å². The predicted molar refractivity (Wildman–Crippen MR) is 64.6 cm³/mol. The zero-order chi connectivity index (χ0) is 14.5. The first-order chi connectivity index (χ1) is 9.39. The van der Waals surface area contributed by atoms with Crippen LogP contribution in [-0.2, 0) is 4.79 Å². The van der Waals surface area contributed by atoms with Gasteiger partial charge in [0.05, 0.1) is 11.6 Å². The van der Waals surface area contributed by atoms with Crippen LogP contribution < -0.4 is 5.32 Å². The topological polar surface area (TPSA) is 29.1 Å². The molecule has 1 aromatic carbocycles. The van der Waals surface area contributed by atoms with E-state index in [1.807, 2.05) is 0 Å². The number of hydrogen-bond acceptors (Lipinski definition) is 1. The summed E-state index contributed by atoms with van der Waals surface area (Å²) in [6.45, 7) is 0. The van der Waals surface area contributed by atoms with Gasteiger partial charge >= 0.3 is 0 Å². The highest BCUT2D eigenvalue weighted by Gasteiger charge is 2.44. The summed E-state index contributed by atoms with van der Waals surface area (Å²) < 4.78 is 53.1. The number of carbonyl (C=O) groups is 1. The summed E-state index contributed by atoms with van der Waals surface area (Å²) in [5, 5.41) is 2.33. The first-order valence-electron chi connectivity index (χ1n) is 6.56. The number of hydrogen-bond donors (Lipinski definition) is 1. The van der Waals surface area contributed by atoms with Crippen molar-refractivity contribution >= 4 is 11.6 Å². The van der Waals surface area contributed by atoms with E-state index in [0.29, 0.717) is 5.56 Å². The Kier molecular flexibility index (Phi) is 2.99. The van der Waals surface area contributed by atoms with Gasteiger partial charge in [-0.1, -0.05) is 6.07 Å². The molecule has 0 spiro atoms. The number of nitrogens with one attached hydrogen (secondary N) is 1. The minimum Gasteiger partial charge on any atom is -0.323 e. The Morgan fingerprint density at radius 3 is 2.45 bits per heavy atom. The van der Waals surface area contributed by atoms with Crippen molar-refractivity contribution in [3.63, 3.8) is 0 Å². The third kappa shape index (κ3) is 2.07. The molecular weight excluding hydrogens is 274 g/mol. The highest BCUT2D eigenvalue weighted by Crippen LogP contribution is 2.47. The molecule has 1 fully saturated rings. The summed E-state index contributed by atoms with van der Waals surface area (Å²) >= 11 is 0. The molecule has 1 aliphatic heterocycles. The molecule has 0 bridgehead atoms. The Balaban J connectivity index is 1.90. The lowest BCUT2D eigenvalue weighted by molar-refractivity contribution is -0.119. The largest absolute Gasteiger partial charge is 0.323 e. The van der Waals surface area contributed by atoms with Crippen LogP contribution >= 0.6 is 0 Å². The third-order valence-electron chi connectivity index (χ3n) is 4.23. The molecule has 1 amide bonds. The van der Waals surface area contributed by atoms with Crippen LogP contribution in [0.15, 0.2) is 12.1 Å². The van der Waals surface area contributed by atoms with Crippen molar-refractivity contribution in [2.75, 3.05) is 5.32 Å². The number of anilines is 1. The molecule has 3 rings (SSSR count). The van der Waals surface area contributed by atoms with Crippen LogP contribution in [0.3, 0.4) is 0 Å². The van der Waals surface area contributed by atoms with Crippen molar-refractivity contribution in [1.29, 1.82) is 0 Å². The molecule has 1 saturated carbocycles. The molecule has 2 nitrogen and oxygen atoms in total. The Bertz CT molecular complexity index is 563. The number of carbonyl (C=O) groups excluding carboxylic acids is 1. The quantitative estimate of drug-likeness (QED) is 0.781. The second kappa shape index (κ2) is 4.46. The lowest BCUT2D eigenvalue weighted by Gasteiger charge is -2.31. The Morgan fingerprint density at radius 1 is 1.15 bits per heavy atom. The van der Waals surface area contributed by atoms with Gasteiger partial charge in [0.1, 0.15) is 0 Å². The molecule has 1 heterocycles. The van der Waals surface area contributed by atoms with Gasteiger partial charge in [-0.25, -0.2) is 17.6 Å². The Hall–Kier alpha value is -1.59. The third-order valence-corrected chi connectivity index (χ3v) is 4.23. The number of amides is 1. The average Bonchev–Trinajstić information content (AvgIpc) is 2.72. The van der Waals surface area contributed by atoms with Gasteiger partial charge in [-0.2, -0.15) is 0 Å².